The minimum atomic E-state index is -0.415. The molecule has 2 heteroatoms. The van der Waals surface area contributed by atoms with Gasteiger partial charge < -0.3 is 0 Å². The van der Waals surface area contributed by atoms with Crippen LogP contribution in [0.25, 0.3) is 0 Å². The zero-order chi connectivity index (χ0) is 18.4. The molecule has 0 unspecified atom stereocenters. The summed E-state index contributed by atoms with van der Waals surface area (Å²) in [6.07, 6.45) is 0. The molecular weight excluding hydrogens is 334 g/mol. The van der Waals surface area contributed by atoms with Crippen LogP contribution in [-0.4, -0.2) is 11.8 Å². The van der Waals surface area contributed by atoms with Crippen LogP contribution in [0.3, 0.4) is 0 Å². The molecule has 134 valence electrons. The average molecular weight is 362 g/mol. The van der Waals surface area contributed by atoms with Crippen molar-refractivity contribution in [3.8, 4) is 0 Å². The molecule has 0 aliphatic carbocycles. The molecule has 1 nitrogen and oxygen atoms in total. The highest BCUT2D eigenvalue weighted by atomic mass is 32.1. The topological polar surface area (TPSA) is 12.0 Å². The summed E-state index contributed by atoms with van der Waals surface area (Å²) < 4.78 is 0. The van der Waals surface area contributed by atoms with E-state index in [1.807, 2.05) is 0 Å². The number of nitrogens with one attached hydrogen (secondary N) is 1. The Morgan fingerprint density at radius 2 is 1.04 bits per heavy atom. The Kier molecular flexibility index (Phi) is 6.18. The number of hydrogen-bond donors (Lipinski definition) is 2. The fourth-order valence-corrected chi connectivity index (χ4v) is 4.03. The second-order valence-electron chi connectivity index (χ2n) is 7.03. The van der Waals surface area contributed by atoms with Crippen LogP contribution in [-0.2, 0) is 5.54 Å². The summed E-state index contributed by atoms with van der Waals surface area (Å²) in [5, 5.41) is 3.99. The van der Waals surface area contributed by atoms with Gasteiger partial charge in [-0.15, -0.1) is 0 Å². The molecule has 0 radical (unpaired) electrons. The Balaban J connectivity index is 2.28. The lowest BCUT2D eigenvalue weighted by molar-refractivity contribution is 0.348. The van der Waals surface area contributed by atoms with Crippen molar-refractivity contribution >= 4 is 12.6 Å². The van der Waals surface area contributed by atoms with Gasteiger partial charge in [-0.1, -0.05) is 105 Å². The van der Waals surface area contributed by atoms with E-state index >= 15 is 0 Å². The molecule has 3 rings (SSSR count). The summed E-state index contributed by atoms with van der Waals surface area (Å²) in [7, 11) is 0. The second-order valence-corrected chi connectivity index (χ2v) is 7.39. The highest BCUT2D eigenvalue weighted by molar-refractivity contribution is 7.80. The molecule has 1 N–H and O–H groups in total. The van der Waals surface area contributed by atoms with Crippen LogP contribution in [0.1, 0.15) is 30.5 Å². The smallest absolute Gasteiger partial charge is 0.0950 e. The van der Waals surface area contributed by atoms with Crippen LogP contribution in [0, 0.1) is 5.92 Å². The first kappa shape index (κ1) is 18.8. The van der Waals surface area contributed by atoms with Crippen LogP contribution in [0.15, 0.2) is 91.0 Å². The molecule has 3 aromatic carbocycles. The van der Waals surface area contributed by atoms with Crippen LogP contribution < -0.4 is 5.32 Å². The van der Waals surface area contributed by atoms with Gasteiger partial charge >= 0.3 is 0 Å². The Morgan fingerprint density at radius 1 is 0.692 bits per heavy atom. The summed E-state index contributed by atoms with van der Waals surface area (Å²) in [5.41, 5.74) is 3.31. The molecule has 1 atom stereocenters. The standard InChI is InChI=1S/C24H27NS/c1-19(2)23(18-26)25-24(20-12-6-3-7-13-20,21-14-8-4-9-15-21)22-16-10-5-11-17-22/h3-17,19,23,25-26H,18H2,1-2H3/t23-/m1/s1. The van der Waals surface area contributed by atoms with Gasteiger partial charge in [0.1, 0.15) is 0 Å². The minimum absolute atomic E-state index is 0.277. The fraction of sp³-hybridized carbons (Fsp3) is 0.250. The lowest BCUT2D eigenvalue weighted by Gasteiger charge is -2.41. The van der Waals surface area contributed by atoms with Gasteiger partial charge in [0.25, 0.3) is 0 Å². The van der Waals surface area contributed by atoms with E-state index in [0.717, 1.165) is 5.75 Å². The Bertz CT molecular complexity index is 688. The van der Waals surface area contributed by atoms with Crippen molar-refractivity contribution in [2.24, 2.45) is 5.92 Å². The first-order valence-corrected chi connectivity index (χ1v) is 9.87. The van der Waals surface area contributed by atoms with Gasteiger partial charge in [0.2, 0.25) is 0 Å². The predicted molar refractivity (Wildman–Crippen MR) is 115 cm³/mol. The van der Waals surface area contributed by atoms with Gasteiger partial charge in [0.05, 0.1) is 5.54 Å². The van der Waals surface area contributed by atoms with E-state index in [1.54, 1.807) is 0 Å². The molecule has 26 heavy (non-hydrogen) atoms. The first-order valence-electron chi connectivity index (χ1n) is 9.23. The molecule has 0 fully saturated rings. The van der Waals surface area contributed by atoms with E-state index in [0.29, 0.717) is 5.92 Å². The Labute approximate surface area is 162 Å². The monoisotopic (exact) mass is 361 g/mol. The maximum Gasteiger partial charge on any atom is 0.0950 e. The van der Waals surface area contributed by atoms with Gasteiger partial charge in [-0.2, -0.15) is 12.6 Å². The molecule has 0 saturated heterocycles. The summed E-state index contributed by atoms with van der Waals surface area (Å²) in [6, 6.07) is 32.4. The van der Waals surface area contributed by atoms with E-state index in [4.69, 9.17) is 0 Å². The van der Waals surface area contributed by atoms with E-state index in [9.17, 15) is 0 Å². The fourth-order valence-electron chi connectivity index (χ4n) is 3.52. The maximum absolute atomic E-state index is 4.64. The number of hydrogen-bond acceptors (Lipinski definition) is 2. The lowest BCUT2D eigenvalue weighted by atomic mass is 9.76. The average Bonchev–Trinajstić information content (AvgIpc) is 2.71. The molecule has 0 saturated carbocycles. The van der Waals surface area contributed by atoms with Crippen LogP contribution >= 0.6 is 12.6 Å². The SMILES string of the molecule is CC(C)[C@@H](CS)NC(c1ccccc1)(c1ccccc1)c1ccccc1. The second kappa shape index (κ2) is 8.57. The Hall–Kier alpha value is -2.03. The maximum atomic E-state index is 4.64. The molecule has 0 amide bonds. The van der Waals surface area contributed by atoms with Crippen molar-refractivity contribution in [1.82, 2.24) is 5.32 Å². The normalized spacial score (nSPS) is 12.9. The third kappa shape index (κ3) is 3.72. The lowest BCUT2D eigenvalue weighted by Crippen LogP contribution is -2.52. The summed E-state index contributed by atoms with van der Waals surface area (Å²) in [5.74, 6) is 1.26. The highest BCUT2D eigenvalue weighted by Gasteiger charge is 2.38. The molecule has 0 bridgehead atoms. The molecule has 0 heterocycles. The highest BCUT2D eigenvalue weighted by Crippen LogP contribution is 2.37. The van der Waals surface area contributed by atoms with E-state index in [2.05, 4.69) is 123 Å². The third-order valence-corrected chi connectivity index (χ3v) is 5.42. The van der Waals surface area contributed by atoms with E-state index < -0.39 is 5.54 Å². The van der Waals surface area contributed by atoms with Crippen LogP contribution in [0.5, 0.6) is 0 Å². The minimum Gasteiger partial charge on any atom is -0.296 e. The van der Waals surface area contributed by atoms with Gasteiger partial charge in [-0.25, -0.2) is 0 Å². The number of benzene rings is 3. The molecule has 0 spiro atoms. The largest absolute Gasteiger partial charge is 0.296 e. The molecule has 0 aliphatic heterocycles. The third-order valence-electron chi connectivity index (χ3n) is 5.02. The predicted octanol–water partition coefficient (Wildman–Crippen LogP) is 5.52. The van der Waals surface area contributed by atoms with Gasteiger partial charge in [0.15, 0.2) is 0 Å². The first-order chi connectivity index (χ1) is 12.7. The van der Waals surface area contributed by atoms with Crippen molar-refractivity contribution in [3.05, 3.63) is 108 Å². The van der Waals surface area contributed by atoms with Crippen molar-refractivity contribution in [2.75, 3.05) is 5.75 Å². The van der Waals surface area contributed by atoms with Crippen molar-refractivity contribution < 1.29 is 0 Å². The summed E-state index contributed by atoms with van der Waals surface area (Å²) >= 11 is 4.64. The van der Waals surface area contributed by atoms with Crippen LogP contribution in [0.2, 0.25) is 0 Å². The summed E-state index contributed by atoms with van der Waals surface area (Å²) in [4.78, 5) is 0. The molecular formula is C24H27NS. The Morgan fingerprint density at radius 3 is 1.31 bits per heavy atom. The summed E-state index contributed by atoms with van der Waals surface area (Å²) in [6.45, 7) is 4.50. The quantitative estimate of drug-likeness (QED) is 0.417. The zero-order valence-electron chi connectivity index (χ0n) is 15.5. The number of rotatable bonds is 7. The zero-order valence-corrected chi connectivity index (χ0v) is 16.4. The van der Waals surface area contributed by atoms with Gasteiger partial charge in [-0.05, 0) is 22.6 Å². The van der Waals surface area contributed by atoms with E-state index in [1.165, 1.54) is 16.7 Å². The molecule has 0 aliphatic rings. The van der Waals surface area contributed by atoms with Crippen LogP contribution in [0.4, 0.5) is 0 Å². The van der Waals surface area contributed by atoms with Crippen molar-refractivity contribution in [3.63, 3.8) is 0 Å². The molecule has 0 aromatic heterocycles. The van der Waals surface area contributed by atoms with E-state index in [-0.39, 0.29) is 6.04 Å². The van der Waals surface area contributed by atoms with Gasteiger partial charge in [0, 0.05) is 11.8 Å². The number of thiol groups is 1. The van der Waals surface area contributed by atoms with Crippen molar-refractivity contribution in [2.45, 2.75) is 25.4 Å². The van der Waals surface area contributed by atoms with Crippen molar-refractivity contribution in [1.29, 1.82) is 0 Å². The van der Waals surface area contributed by atoms with Gasteiger partial charge in [-0.3, -0.25) is 5.32 Å². The molecule has 3 aromatic rings.